The van der Waals surface area contributed by atoms with Gasteiger partial charge in [0.1, 0.15) is 0 Å². The molecule has 0 N–H and O–H groups in total. The van der Waals surface area contributed by atoms with Gasteiger partial charge < -0.3 is 4.90 Å². The second-order valence-electron chi connectivity index (χ2n) is 4.91. The van der Waals surface area contributed by atoms with Crippen molar-refractivity contribution in [1.29, 1.82) is 5.26 Å². The lowest BCUT2D eigenvalue weighted by molar-refractivity contribution is -0.131. The highest BCUT2D eigenvalue weighted by atomic mass is 16.2. The van der Waals surface area contributed by atoms with E-state index < -0.39 is 0 Å². The fraction of sp³-hybridized carbons (Fsp3) is 0.467. The number of nitrogens with zero attached hydrogens (tertiary/aromatic N) is 2. The van der Waals surface area contributed by atoms with Crippen molar-refractivity contribution in [1.82, 2.24) is 4.90 Å². The molecule has 1 atom stereocenters. The lowest BCUT2D eigenvalue weighted by atomic mass is 9.98. The number of nitriles is 1. The van der Waals surface area contributed by atoms with Crippen LogP contribution in [0.2, 0.25) is 0 Å². The molecular weight excluding hydrogens is 224 g/mol. The van der Waals surface area contributed by atoms with E-state index in [1.54, 1.807) is 0 Å². The molecule has 3 nitrogen and oxygen atoms in total. The maximum absolute atomic E-state index is 12.2. The molecule has 1 saturated heterocycles. The molecule has 1 unspecified atom stereocenters. The number of rotatable bonds is 2. The van der Waals surface area contributed by atoms with Crippen molar-refractivity contribution in [3.05, 3.63) is 35.4 Å². The van der Waals surface area contributed by atoms with Crippen LogP contribution in [0.15, 0.2) is 24.3 Å². The van der Waals surface area contributed by atoms with Gasteiger partial charge in [-0.05, 0) is 30.9 Å². The molecule has 1 amide bonds. The third-order valence-electron chi connectivity index (χ3n) is 3.56. The fourth-order valence-corrected chi connectivity index (χ4v) is 2.39. The van der Waals surface area contributed by atoms with E-state index in [4.69, 9.17) is 5.26 Å². The number of piperidine rings is 1. The molecule has 18 heavy (non-hydrogen) atoms. The van der Waals surface area contributed by atoms with Gasteiger partial charge in [-0.1, -0.05) is 24.3 Å². The molecule has 1 aliphatic rings. The maximum Gasteiger partial charge on any atom is 0.227 e. The molecule has 0 spiro atoms. The van der Waals surface area contributed by atoms with E-state index in [2.05, 4.69) is 6.07 Å². The number of hydrogen-bond acceptors (Lipinski definition) is 2. The van der Waals surface area contributed by atoms with Crippen LogP contribution in [0.3, 0.4) is 0 Å². The Bertz CT molecular complexity index is 476. The van der Waals surface area contributed by atoms with Crippen molar-refractivity contribution < 1.29 is 4.79 Å². The molecule has 1 heterocycles. The van der Waals surface area contributed by atoms with Crippen LogP contribution < -0.4 is 0 Å². The number of carbonyl (C=O) groups excluding carboxylic acids is 1. The summed E-state index contributed by atoms with van der Waals surface area (Å²) in [4.78, 5) is 14.0. The summed E-state index contributed by atoms with van der Waals surface area (Å²) in [5.74, 6) is 0.156. The van der Waals surface area contributed by atoms with Crippen molar-refractivity contribution >= 4 is 5.91 Å². The number of aryl methyl sites for hydroxylation is 1. The molecule has 1 fully saturated rings. The first-order valence-corrected chi connectivity index (χ1v) is 6.42. The first kappa shape index (κ1) is 12.6. The van der Waals surface area contributed by atoms with E-state index in [0.29, 0.717) is 13.0 Å². The minimum Gasteiger partial charge on any atom is -0.341 e. The van der Waals surface area contributed by atoms with E-state index in [0.717, 1.165) is 30.5 Å². The van der Waals surface area contributed by atoms with Crippen LogP contribution in [-0.2, 0) is 11.2 Å². The Morgan fingerprint density at radius 2 is 2.28 bits per heavy atom. The zero-order valence-electron chi connectivity index (χ0n) is 10.7. The van der Waals surface area contributed by atoms with Gasteiger partial charge in [-0.3, -0.25) is 4.79 Å². The van der Waals surface area contributed by atoms with Gasteiger partial charge in [0.15, 0.2) is 0 Å². The fourth-order valence-electron chi connectivity index (χ4n) is 2.39. The Kier molecular flexibility index (Phi) is 3.99. The summed E-state index contributed by atoms with van der Waals surface area (Å²) in [5.41, 5.74) is 2.24. The molecule has 1 aromatic rings. The Morgan fingerprint density at radius 1 is 1.50 bits per heavy atom. The average Bonchev–Trinajstić information content (AvgIpc) is 2.41. The highest BCUT2D eigenvalue weighted by molar-refractivity contribution is 5.79. The second-order valence-corrected chi connectivity index (χ2v) is 4.91. The standard InChI is InChI=1S/C15H18N2O/c1-12-5-2-3-7-14(12)9-15(18)17-8-4-6-13(10-16)11-17/h2-3,5,7,13H,4,6,8-9,11H2,1H3. The Labute approximate surface area is 108 Å². The molecule has 2 rings (SSSR count). The average molecular weight is 242 g/mol. The van der Waals surface area contributed by atoms with Crippen molar-refractivity contribution in [2.24, 2.45) is 5.92 Å². The monoisotopic (exact) mass is 242 g/mol. The Balaban J connectivity index is 2.00. The molecule has 0 aromatic heterocycles. The normalized spacial score (nSPS) is 19.3. The van der Waals surface area contributed by atoms with Crippen LogP contribution >= 0.6 is 0 Å². The van der Waals surface area contributed by atoms with E-state index in [1.807, 2.05) is 36.1 Å². The zero-order chi connectivity index (χ0) is 13.0. The highest BCUT2D eigenvalue weighted by Crippen LogP contribution is 2.17. The number of hydrogen-bond donors (Lipinski definition) is 0. The third-order valence-corrected chi connectivity index (χ3v) is 3.56. The van der Waals surface area contributed by atoms with Gasteiger partial charge in [-0.2, -0.15) is 5.26 Å². The van der Waals surface area contributed by atoms with E-state index in [-0.39, 0.29) is 11.8 Å². The van der Waals surface area contributed by atoms with Gasteiger partial charge in [0, 0.05) is 13.1 Å². The maximum atomic E-state index is 12.2. The molecule has 3 heteroatoms. The molecule has 1 aromatic carbocycles. The first-order valence-electron chi connectivity index (χ1n) is 6.42. The SMILES string of the molecule is Cc1ccccc1CC(=O)N1CCCC(C#N)C1. The lowest BCUT2D eigenvalue weighted by Crippen LogP contribution is -2.40. The Morgan fingerprint density at radius 3 is 3.00 bits per heavy atom. The largest absolute Gasteiger partial charge is 0.341 e. The first-order chi connectivity index (χ1) is 8.70. The molecule has 0 radical (unpaired) electrons. The van der Waals surface area contributed by atoms with E-state index >= 15 is 0 Å². The topological polar surface area (TPSA) is 44.1 Å². The highest BCUT2D eigenvalue weighted by Gasteiger charge is 2.23. The summed E-state index contributed by atoms with van der Waals surface area (Å²) >= 11 is 0. The molecule has 0 aliphatic carbocycles. The van der Waals surface area contributed by atoms with Crippen molar-refractivity contribution in [2.45, 2.75) is 26.2 Å². The molecule has 0 bridgehead atoms. The number of benzene rings is 1. The van der Waals surface area contributed by atoms with Gasteiger partial charge in [-0.25, -0.2) is 0 Å². The third kappa shape index (κ3) is 2.89. The van der Waals surface area contributed by atoms with Gasteiger partial charge >= 0.3 is 0 Å². The van der Waals surface area contributed by atoms with Gasteiger partial charge in [0.2, 0.25) is 5.91 Å². The minimum atomic E-state index is 0.0135. The van der Waals surface area contributed by atoms with Crippen molar-refractivity contribution in [2.75, 3.05) is 13.1 Å². The predicted octanol–water partition coefficient (Wildman–Crippen LogP) is 2.30. The molecule has 1 aliphatic heterocycles. The van der Waals surface area contributed by atoms with Crippen LogP contribution in [0.25, 0.3) is 0 Å². The molecule has 94 valence electrons. The summed E-state index contributed by atoms with van der Waals surface area (Å²) < 4.78 is 0. The zero-order valence-corrected chi connectivity index (χ0v) is 10.7. The Hall–Kier alpha value is -1.82. The minimum absolute atomic E-state index is 0.0135. The molecular formula is C15H18N2O. The van der Waals surface area contributed by atoms with Crippen molar-refractivity contribution in [3.63, 3.8) is 0 Å². The number of amides is 1. The van der Waals surface area contributed by atoms with E-state index in [9.17, 15) is 4.79 Å². The quantitative estimate of drug-likeness (QED) is 0.798. The van der Waals surface area contributed by atoms with Gasteiger partial charge in [0.25, 0.3) is 0 Å². The summed E-state index contributed by atoms with van der Waals surface area (Å²) in [5, 5.41) is 8.94. The van der Waals surface area contributed by atoms with Crippen LogP contribution in [0.1, 0.15) is 24.0 Å². The summed E-state index contributed by atoms with van der Waals surface area (Å²) in [6, 6.07) is 10.2. The lowest BCUT2D eigenvalue weighted by Gasteiger charge is -2.29. The summed E-state index contributed by atoms with van der Waals surface area (Å²) in [6.45, 7) is 3.42. The number of carbonyl (C=O) groups is 1. The van der Waals surface area contributed by atoms with Crippen LogP contribution in [-0.4, -0.2) is 23.9 Å². The summed E-state index contributed by atoms with van der Waals surface area (Å²) in [7, 11) is 0. The van der Waals surface area contributed by atoms with Gasteiger partial charge in [-0.15, -0.1) is 0 Å². The van der Waals surface area contributed by atoms with Gasteiger partial charge in [0.05, 0.1) is 18.4 Å². The van der Waals surface area contributed by atoms with Crippen LogP contribution in [0, 0.1) is 24.2 Å². The van der Waals surface area contributed by atoms with Crippen LogP contribution in [0.4, 0.5) is 0 Å². The van der Waals surface area contributed by atoms with Crippen molar-refractivity contribution in [3.8, 4) is 6.07 Å². The predicted molar refractivity (Wildman–Crippen MR) is 69.8 cm³/mol. The smallest absolute Gasteiger partial charge is 0.227 e. The summed E-state index contributed by atoms with van der Waals surface area (Å²) in [6.07, 6.45) is 2.31. The second kappa shape index (κ2) is 5.68. The number of likely N-dealkylation sites (tertiary alicyclic amines) is 1. The van der Waals surface area contributed by atoms with E-state index in [1.165, 1.54) is 0 Å². The molecule has 0 saturated carbocycles. The van der Waals surface area contributed by atoms with Crippen LogP contribution in [0.5, 0.6) is 0 Å².